The summed E-state index contributed by atoms with van der Waals surface area (Å²) in [6, 6.07) is 22.8. The fraction of sp³-hybridized carbons (Fsp3) is 0.154. The Morgan fingerprint density at radius 1 is 0.875 bits per heavy atom. The van der Waals surface area contributed by atoms with Crippen LogP contribution in [-0.4, -0.2) is 36.9 Å². The lowest BCUT2D eigenvalue weighted by atomic mass is 10.0. The molecule has 0 aliphatic carbocycles. The van der Waals surface area contributed by atoms with Gasteiger partial charge in [0.25, 0.3) is 11.7 Å². The fourth-order valence-electron chi connectivity index (χ4n) is 3.74. The third-order valence-electron chi connectivity index (χ3n) is 5.33. The van der Waals surface area contributed by atoms with E-state index in [-0.39, 0.29) is 0 Å². The second kappa shape index (κ2) is 9.39. The molecule has 6 nitrogen and oxygen atoms in total. The number of fused-ring (bicyclic) bond motifs is 1. The maximum absolute atomic E-state index is 13.2. The molecule has 0 aliphatic heterocycles. The number of hydrogen-bond donors (Lipinski definition) is 1. The second-order valence-corrected chi connectivity index (χ2v) is 7.29. The summed E-state index contributed by atoms with van der Waals surface area (Å²) in [4.78, 5) is 25.9. The van der Waals surface area contributed by atoms with E-state index < -0.39 is 11.7 Å². The average molecular weight is 428 g/mol. The van der Waals surface area contributed by atoms with Crippen molar-refractivity contribution in [3.05, 3.63) is 90.3 Å². The zero-order valence-corrected chi connectivity index (χ0v) is 18.0. The van der Waals surface area contributed by atoms with Crippen LogP contribution in [0.15, 0.2) is 79.0 Å². The molecule has 1 amide bonds. The van der Waals surface area contributed by atoms with Gasteiger partial charge in [0.2, 0.25) is 0 Å². The van der Waals surface area contributed by atoms with Gasteiger partial charge >= 0.3 is 0 Å². The van der Waals surface area contributed by atoms with E-state index in [4.69, 9.17) is 9.47 Å². The molecule has 6 heteroatoms. The van der Waals surface area contributed by atoms with Crippen LogP contribution >= 0.6 is 0 Å². The second-order valence-electron chi connectivity index (χ2n) is 7.29. The van der Waals surface area contributed by atoms with Gasteiger partial charge in [0.15, 0.2) is 11.5 Å². The third-order valence-corrected chi connectivity index (χ3v) is 5.33. The Bertz CT molecular complexity index is 1260. The van der Waals surface area contributed by atoms with E-state index in [0.29, 0.717) is 30.2 Å². The van der Waals surface area contributed by atoms with Gasteiger partial charge in [-0.15, -0.1) is 0 Å². The van der Waals surface area contributed by atoms with Crippen molar-refractivity contribution in [3.8, 4) is 22.6 Å². The van der Waals surface area contributed by atoms with E-state index >= 15 is 0 Å². The predicted octanol–water partition coefficient (Wildman–Crippen LogP) is 4.17. The molecule has 0 radical (unpaired) electrons. The lowest BCUT2D eigenvalue weighted by Crippen LogP contribution is -2.33. The van der Waals surface area contributed by atoms with Crippen molar-refractivity contribution < 1.29 is 19.1 Å². The van der Waals surface area contributed by atoms with Gasteiger partial charge in [0.05, 0.1) is 14.2 Å². The van der Waals surface area contributed by atoms with E-state index in [1.165, 1.54) is 0 Å². The van der Waals surface area contributed by atoms with Gasteiger partial charge in [-0.1, -0.05) is 42.5 Å². The number of hydrogen-bond acceptors (Lipinski definition) is 4. The first kappa shape index (κ1) is 21.2. The number of methoxy groups -OCH3 is 2. The number of nitrogens with one attached hydrogen (secondary N) is 1. The molecule has 162 valence electrons. The number of ether oxygens (including phenoxy) is 2. The van der Waals surface area contributed by atoms with Crippen molar-refractivity contribution in [3.63, 3.8) is 0 Å². The van der Waals surface area contributed by atoms with E-state index in [1.54, 1.807) is 24.8 Å². The highest BCUT2D eigenvalue weighted by Gasteiger charge is 2.24. The zero-order chi connectivity index (χ0) is 22.5. The number of carbonyl (C=O) groups is 2. The molecule has 2 aromatic carbocycles. The molecule has 0 unspecified atom stereocenters. The van der Waals surface area contributed by atoms with E-state index in [2.05, 4.69) is 5.32 Å². The van der Waals surface area contributed by atoms with E-state index in [0.717, 1.165) is 22.2 Å². The molecule has 0 saturated carbocycles. The highest BCUT2D eigenvalue weighted by molar-refractivity contribution is 6.43. The molecule has 0 bridgehead atoms. The van der Waals surface area contributed by atoms with Gasteiger partial charge in [0, 0.05) is 23.8 Å². The smallest absolute Gasteiger partial charge is 0.294 e. The summed E-state index contributed by atoms with van der Waals surface area (Å²) < 4.78 is 12.3. The van der Waals surface area contributed by atoms with Crippen molar-refractivity contribution in [2.24, 2.45) is 0 Å². The number of carbonyl (C=O) groups excluding carboxylic acids is 2. The predicted molar refractivity (Wildman–Crippen MR) is 123 cm³/mol. The minimum absolute atomic E-state index is 0.323. The standard InChI is InChI=1S/C26H24N2O4/c1-31-22-12-11-18(16-23(22)32-2)13-14-27-26(30)25(29)24-21(19-8-4-3-5-9-19)17-20-10-6-7-15-28(20)24/h3-12,15-17H,13-14H2,1-2H3,(H,27,30). The fourth-order valence-corrected chi connectivity index (χ4v) is 3.74. The molecule has 1 N–H and O–H groups in total. The summed E-state index contributed by atoms with van der Waals surface area (Å²) in [5.74, 6) is 0.0671. The molecule has 0 fully saturated rings. The number of amides is 1. The van der Waals surface area contributed by atoms with Crippen LogP contribution in [0.3, 0.4) is 0 Å². The molecule has 4 aromatic rings. The van der Waals surface area contributed by atoms with Gasteiger partial charge < -0.3 is 19.2 Å². The first-order valence-corrected chi connectivity index (χ1v) is 10.3. The maximum Gasteiger partial charge on any atom is 0.294 e. The molecule has 2 aromatic heterocycles. The van der Waals surface area contributed by atoms with Crippen molar-refractivity contribution >= 4 is 17.2 Å². The largest absolute Gasteiger partial charge is 0.493 e. The molecule has 0 saturated heterocycles. The summed E-state index contributed by atoms with van der Waals surface area (Å²) in [5.41, 5.74) is 3.80. The Hall–Kier alpha value is -4.06. The molecule has 2 heterocycles. The third kappa shape index (κ3) is 4.21. The molecule has 0 spiro atoms. The van der Waals surface area contributed by atoms with Crippen LogP contribution in [0.2, 0.25) is 0 Å². The SMILES string of the molecule is COc1ccc(CCNC(=O)C(=O)c2c(-c3ccccc3)cc3ccccn23)cc1OC. The highest BCUT2D eigenvalue weighted by Crippen LogP contribution is 2.29. The van der Waals surface area contributed by atoms with Crippen LogP contribution in [-0.2, 0) is 11.2 Å². The van der Waals surface area contributed by atoms with Crippen LogP contribution in [0.1, 0.15) is 16.1 Å². The minimum atomic E-state index is -0.633. The zero-order valence-electron chi connectivity index (χ0n) is 18.0. The van der Waals surface area contributed by atoms with Crippen LogP contribution in [0.5, 0.6) is 11.5 Å². The quantitative estimate of drug-likeness (QED) is 0.338. The molecule has 0 aliphatic rings. The lowest BCUT2D eigenvalue weighted by Gasteiger charge is -2.10. The van der Waals surface area contributed by atoms with Gasteiger partial charge in [-0.2, -0.15) is 0 Å². The van der Waals surface area contributed by atoms with Crippen LogP contribution in [0.25, 0.3) is 16.6 Å². The topological polar surface area (TPSA) is 69.0 Å². The Morgan fingerprint density at radius 2 is 1.62 bits per heavy atom. The number of pyridine rings is 1. The number of nitrogens with zero attached hydrogens (tertiary/aromatic N) is 1. The minimum Gasteiger partial charge on any atom is -0.493 e. The first-order valence-electron chi connectivity index (χ1n) is 10.3. The molecule has 4 rings (SSSR count). The number of rotatable bonds is 8. The molecule has 0 atom stereocenters. The number of aromatic nitrogens is 1. The van der Waals surface area contributed by atoms with Crippen LogP contribution in [0, 0.1) is 0 Å². The Balaban J connectivity index is 1.53. The van der Waals surface area contributed by atoms with E-state index in [1.807, 2.05) is 72.8 Å². The Kier molecular flexibility index (Phi) is 6.22. The van der Waals surface area contributed by atoms with Crippen molar-refractivity contribution in [2.45, 2.75) is 6.42 Å². The van der Waals surface area contributed by atoms with Gasteiger partial charge in [-0.05, 0) is 47.9 Å². The van der Waals surface area contributed by atoms with Gasteiger partial charge in [-0.3, -0.25) is 9.59 Å². The van der Waals surface area contributed by atoms with Crippen molar-refractivity contribution in [2.75, 3.05) is 20.8 Å². The van der Waals surface area contributed by atoms with E-state index in [9.17, 15) is 9.59 Å². The Morgan fingerprint density at radius 3 is 2.38 bits per heavy atom. The van der Waals surface area contributed by atoms with Gasteiger partial charge in [0.1, 0.15) is 5.69 Å². The summed E-state index contributed by atoms with van der Waals surface area (Å²) in [5, 5.41) is 2.75. The summed E-state index contributed by atoms with van der Waals surface area (Å²) in [7, 11) is 3.16. The first-order chi connectivity index (χ1) is 15.6. The summed E-state index contributed by atoms with van der Waals surface area (Å²) >= 11 is 0. The van der Waals surface area contributed by atoms with Crippen molar-refractivity contribution in [1.29, 1.82) is 0 Å². The van der Waals surface area contributed by atoms with Gasteiger partial charge in [-0.25, -0.2) is 0 Å². The Labute approximate surface area is 186 Å². The van der Waals surface area contributed by atoms with Crippen LogP contribution in [0.4, 0.5) is 0 Å². The lowest BCUT2D eigenvalue weighted by molar-refractivity contribution is -0.117. The van der Waals surface area contributed by atoms with Crippen LogP contribution < -0.4 is 14.8 Å². The number of Topliss-reactive ketones (excluding diaryl/α,β-unsaturated/α-hetero) is 1. The molecular formula is C26H24N2O4. The monoisotopic (exact) mass is 428 g/mol. The number of benzene rings is 2. The summed E-state index contributed by atoms with van der Waals surface area (Å²) in [6.45, 7) is 0.323. The highest BCUT2D eigenvalue weighted by atomic mass is 16.5. The van der Waals surface area contributed by atoms with Crippen molar-refractivity contribution in [1.82, 2.24) is 9.72 Å². The number of ketones is 1. The molecular weight excluding hydrogens is 404 g/mol. The maximum atomic E-state index is 13.2. The summed E-state index contributed by atoms with van der Waals surface area (Å²) in [6.07, 6.45) is 2.35. The molecule has 32 heavy (non-hydrogen) atoms. The normalized spacial score (nSPS) is 10.7. The average Bonchev–Trinajstić information content (AvgIpc) is 3.23.